The predicted octanol–water partition coefficient (Wildman–Crippen LogP) is 3.71. The third kappa shape index (κ3) is 2.82. The van der Waals surface area contributed by atoms with Crippen molar-refractivity contribution in [2.75, 3.05) is 4.31 Å². The largest absolute Gasteiger partial charge is 0.304 e. The van der Waals surface area contributed by atoms with Crippen LogP contribution in [0.25, 0.3) is 0 Å². The van der Waals surface area contributed by atoms with E-state index >= 15 is 0 Å². The third-order valence-corrected chi connectivity index (χ3v) is 5.09. The normalized spacial score (nSPS) is 16.5. The van der Waals surface area contributed by atoms with Gasteiger partial charge in [0.25, 0.3) is 0 Å². The zero-order valence-electron chi connectivity index (χ0n) is 12.3. The molecular weight excluding hydrogens is 296 g/mol. The van der Waals surface area contributed by atoms with Crippen LogP contribution in [-0.2, 0) is 11.2 Å². The van der Waals surface area contributed by atoms with Crippen LogP contribution < -0.4 is 9.79 Å². The van der Waals surface area contributed by atoms with E-state index in [9.17, 15) is 4.79 Å². The second kappa shape index (κ2) is 6.42. The number of hydrogen-bond acceptors (Lipinski definition) is 4. The van der Waals surface area contributed by atoms with Crippen molar-refractivity contribution in [3.8, 4) is 0 Å². The molecule has 0 aliphatic carbocycles. The molecule has 0 fully saturated rings. The SMILES string of the molecule is CCc1ccc(N2Sc3ccccc3C2CC(=O)NO)cc1. The van der Waals surface area contributed by atoms with E-state index in [1.807, 2.05) is 18.2 Å². The van der Waals surface area contributed by atoms with Crippen molar-refractivity contribution in [1.82, 2.24) is 5.48 Å². The molecule has 0 spiro atoms. The summed E-state index contributed by atoms with van der Waals surface area (Å²) in [6.07, 6.45) is 1.22. The summed E-state index contributed by atoms with van der Waals surface area (Å²) in [6, 6.07) is 16.4. The molecule has 4 nitrogen and oxygen atoms in total. The molecule has 1 heterocycles. The van der Waals surface area contributed by atoms with Gasteiger partial charge < -0.3 is 4.31 Å². The van der Waals surface area contributed by atoms with Crippen LogP contribution in [0.2, 0.25) is 0 Å². The fourth-order valence-corrected chi connectivity index (χ4v) is 3.86. The first kappa shape index (κ1) is 14.9. The molecule has 114 valence electrons. The van der Waals surface area contributed by atoms with Gasteiger partial charge in [-0.3, -0.25) is 10.0 Å². The summed E-state index contributed by atoms with van der Waals surface area (Å²) in [4.78, 5) is 12.8. The highest BCUT2D eigenvalue weighted by Crippen LogP contribution is 2.48. The van der Waals surface area contributed by atoms with Crippen molar-refractivity contribution in [2.45, 2.75) is 30.7 Å². The maximum atomic E-state index is 11.7. The van der Waals surface area contributed by atoms with E-state index in [2.05, 4.69) is 41.6 Å². The zero-order chi connectivity index (χ0) is 15.5. The van der Waals surface area contributed by atoms with Gasteiger partial charge in [0, 0.05) is 10.6 Å². The van der Waals surface area contributed by atoms with E-state index in [-0.39, 0.29) is 18.4 Å². The molecular formula is C17H18N2O2S. The van der Waals surface area contributed by atoms with E-state index in [4.69, 9.17) is 5.21 Å². The highest BCUT2D eigenvalue weighted by atomic mass is 32.2. The maximum Gasteiger partial charge on any atom is 0.245 e. The number of hydrogen-bond donors (Lipinski definition) is 2. The molecule has 3 rings (SSSR count). The van der Waals surface area contributed by atoms with Gasteiger partial charge in [-0.05, 0) is 47.7 Å². The molecule has 1 amide bonds. The number of rotatable bonds is 4. The Hall–Kier alpha value is -1.98. The topological polar surface area (TPSA) is 52.6 Å². The van der Waals surface area contributed by atoms with Crippen molar-refractivity contribution in [2.24, 2.45) is 0 Å². The first-order chi connectivity index (χ1) is 10.7. The molecule has 22 heavy (non-hydrogen) atoms. The third-order valence-electron chi connectivity index (χ3n) is 3.86. The van der Waals surface area contributed by atoms with Crippen LogP contribution in [-0.4, -0.2) is 11.1 Å². The molecule has 2 aromatic carbocycles. The Morgan fingerprint density at radius 2 is 1.95 bits per heavy atom. The summed E-state index contributed by atoms with van der Waals surface area (Å²) < 4.78 is 2.14. The zero-order valence-corrected chi connectivity index (χ0v) is 13.1. The van der Waals surface area contributed by atoms with Crippen molar-refractivity contribution < 1.29 is 10.0 Å². The van der Waals surface area contributed by atoms with Crippen molar-refractivity contribution in [3.05, 3.63) is 59.7 Å². The summed E-state index contributed by atoms with van der Waals surface area (Å²) in [5.74, 6) is -0.377. The molecule has 0 saturated heterocycles. The van der Waals surface area contributed by atoms with Crippen LogP contribution in [0.15, 0.2) is 53.4 Å². The molecule has 0 aromatic heterocycles. The fraction of sp³-hybridized carbons (Fsp3) is 0.235. The van der Waals surface area contributed by atoms with E-state index in [1.165, 1.54) is 5.56 Å². The average Bonchev–Trinajstić information content (AvgIpc) is 2.93. The number of hydroxylamine groups is 1. The minimum absolute atomic E-state index is 0.0826. The van der Waals surface area contributed by atoms with E-state index in [0.29, 0.717) is 0 Å². The van der Waals surface area contributed by atoms with E-state index in [0.717, 1.165) is 22.6 Å². The molecule has 2 aromatic rings. The van der Waals surface area contributed by atoms with Gasteiger partial charge in [0.05, 0.1) is 12.5 Å². The number of nitrogens with zero attached hydrogens (tertiary/aromatic N) is 1. The van der Waals surface area contributed by atoms with Gasteiger partial charge >= 0.3 is 0 Å². The van der Waals surface area contributed by atoms with E-state index in [1.54, 1.807) is 17.4 Å². The van der Waals surface area contributed by atoms with E-state index < -0.39 is 0 Å². The minimum Gasteiger partial charge on any atom is -0.304 e. The molecule has 0 saturated carbocycles. The quantitative estimate of drug-likeness (QED) is 0.513. The number of aryl methyl sites for hydroxylation is 1. The highest BCUT2D eigenvalue weighted by Gasteiger charge is 2.33. The lowest BCUT2D eigenvalue weighted by molar-refractivity contribution is -0.129. The summed E-state index contributed by atoms with van der Waals surface area (Å²) in [6.45, 7) is 2.13. The number of amides is 1. The van der Waals surface area contributed by atoms with Crippen LogP contribution in [0.3, 0.4) is 0 Å². The Kier molecular flexibility index (Phi) is 4.36. The summed E-state index contributed by atoms with van der Waals surface area (Å²) in [5.41, 5.74) is 5.21. The van der Waals surface area contributed by atoms with Crippen LogP contribution >= 0.6 is 11.9 Å². The first-order valence-corrected chi connectivity index (χ1v) is 8.08. The Labute approximate surface area is 134 Å². The molecule has 5 heteroatoms. The second-order valence-corrected chi connectivity index (χ2v) is 6.25. The fourth-order valence-electron chi connectivity index (χ4n) is 2.66. The standard InChI is InChI=1S/C17H18N2O2S/c1-2-12-7-9-13(10-8-12)19-15(11-17(20)18-21)14-5-3-4-6-16(14)22-19/h3-10,15,21H,2,11H2,1H3,(H,18,20). The van der Waals surface area contributed by atoms with Gasteiger partial charge in [-0.2, -0.15) is 0 Å². The van der Waals surface area contributed by atoms with Crippen LogP contribution in [0.1, 0.15) is 30.5 Å². The van der Waals surface area contributed by atoms with Gasteiger partial charge in [0.1, 0.15) is 0 Å². The van der Waals surface area contributed by atoms with Gasteiger partial charge in [0.15, 0.2) is 0 Å². The number of fused-ring (bicyclic) bond motifs is 1. The Morgan fingerprint density at radius 1 is 1.23 bits per heavy atom. The van der Waals surface area contributed by atoms with Crippen LogP contribution in [0.5, 0.6) is 0 Å². The lowest BCUT2D eigenvalue weighted by Crippen LogP contribution is -2.26. The highest BCUT2D eigenvalue weighted by molar-refractivity contribution is 8.01. The summed E-state index contributed by atoms with van der Waals surface area (Å²) in [7, 11) is 0. The van der Waals surface area contributed by atoms with Crippen molar-refractivity contribution >= 4 is 23.5 Å². The van der Waals surface area contributed by atoms with Crippen LogP contribution in [0, 0.1) is 0 Å². The molecule has 1 aliphatic rings. The van der Waals surface area contributed by atoms with Gasteiger partial charge in [0.2, 0.25) is 5.91 Å². The first-order valence-electron chi connectivity index (χ1n) is 7.31. The lowest BCUT2D eigenvalue weighted by Gasteiger charge is -2.25. The number of benzene rings is 2. The van der Waals surface area contributed by atoms with Gasteiger partial charge in [-0.1, -0.05) is 37.3 Å². The molecule has 1 unspecified atom stereocenters. The maximum absolute atomic E-state index is 11.7. The smallest absolute Gasteiger partial charge is 0.245 e. The Balaban J connectivity index is 1.93. The number of anilines is 1. The molecule has 0 radical (unpaired) electrons. The molecule has 1 aliphatic heterocycles. The monoisotopic (exact) mass is 314 g/mol. The van der Waals surface area contributed by atoms with Crippen molar-refractivity contribution in [3.63, 3.8) is 0 Å². The minimum atomic E-state index is -0.377. The number of carbonyl (C=O) groups is 1. The predicted molar refractivity (Wildman–Crippen MR) is 87.9 cm³/mol. The average molecular weight is 314 g/mol. The van der Waals surface area contributed by atoms with Gasteiger partial charge in [-0.25, -0.2) is 5.48 Å². The van der Waals surface area contributed by atoms with Crippen molar-refractivity contribution in [1.29, 1.82) is 0 Å². The number of nitrogens with one attached hydrogen (secondary N) is 1. The molecule has 0 bridgehead atoms. The van der Waals surface area contributed by atoms with Crippen LogP contribution in [0.4, 0.5) is 5.69 Å². The lowest BCUT2D eigenvalue weighted by atomic mass is 10.0. The molecule has 2 N–H and O–H groups in total. The molecule has 1 atom stereocenters. The summed E-state index contributed by atoms with van der Waals surface area (Å²) >= 11 is 1.63. The summed E-state index contributed by atoms with van der Waals surface area (Å²) in [5, 5.41) is 8.84. The number of carbonyl (C=O) groups excluding carboxylic acids is 1. The van der Waals surface area contributed by atoms with Gasteiger partial charge in [-0.15, -0.1) is 0 Å². The Bertz CT molecular complexity index is 673. The second-order valence-electron chi connectivity index (χ2n) is 5.23. The Morgan fingerprint density at radius 3 is 2.64 bits per heavy atom.